The predicted molar refractivity (Wildman–Crippen MR) is 60.9 cm³/mol. The van der Waals surface area contributed by atoms with Crippen LogP contribution in [0.2, 0.25) is 4.13 Å². The van der Waals surface area contributed by atoms with E-state index in [0.717, 1.165) is 26.2 Å². The van der Waals surface area contributed by atoms with E-state index in [2.05, 4.69) is 13.8 Å². The van der Waals surface area contributed by atoms with E-state index in [9.17, 15) is 0 Å². The Bertz CT molecular complexity index is 152. The van der Waals surface area contributed by atoms with E-state index < -0.39 is 22.6 Å². The topological polar surface area (TPSA) is 31.0 Å². The SMILES string of the molecule is CCCC[O][Zr]([CH2]CC1CO1)[O]CCCC. The van der Waals surface area contributed by atoms with Gasteiger partial charge in [-0.2, -0.15) is 0 Å². The number of epoxide rings is 1. The molecule has 1 aliphatic rings. The van der Waals surface area contributed by atoms with Crippen LogP contribution in [0.4, 0.5) is 0 Å². The zero-order chi connectivity index (χ0) is 11.6. The van der Waals surface area contributed by atoms with Gasteiger partial charge in [0.2, 0.25) is 0 Å². The molecule has 0 aromatic carbocycles. The van der Waals surface area contributed by atoms with E-state index in [1.807, 2.05) is 0 Å². The van der Waals surface area contributed by atoms with Gasteiger partial charge in [0.05, 0.1) is 0 Å². The van der Waals surface area contributed by atoms with Crippen LogP contribution in [0.1, 0.15) is 46.0 Å². The molecule has 16 heavy (non-hydrogen) atoms. The predicted octanol–water partition coefficient (Wildman–Crippen LogP) is 3.28. The van der Waals surface area contributed by atoms with Crippen molar-refractivity contribution in [3.63, 3.8) is 0 Å². The molecule has 1 saturated heterocycles. The van der Waals surface area contributed by atoms with Gasteiger partial charge >= 0.3 is 109 Å². The Morgan fingerprint density at radius 2 is 1.69 bits per heavy atom. The minimum atomic E-state index is -1.97. The van der Waals surface area contributed by atoms with Crippen molar-refractivity contribution in [2.45, 2.75) is 56.2 Å². The Morgan fingerprint density at radius 1 is 1.12 bits per heavy atom. The molecule has 0 amide bonds. The summed E-state index contributed by atoms with van der Waals surface area (Å²) in [7, 11) is 0. The molecular weight excluding hydrogens is 283 g/mol. The molecule has 0 spiro atoms. The van der Waals surface area contributed by atoms with Crippen LogP contribution in [0.5, 0.6) is 0 Å². The molecule has 0 N–H and O–H groups in total. The number of hydrogen-bond acceptors (Lipinski definition) is 3. The van der Waals surface area contributed by atoms with Gasteiger partial charge in [-0.3, -0.25) is 0 Å². The fourth-order valence-corrected chi connectivity index (χ4v) is 5.47. The number of rotatable bonds is 11. The first-order chi connectivity index (χ1) is 7.86. The van der Waals surface area contributed by atoms with Crippen LogP contribution in [0.15, 0.2) is 0 Å². The van der Waals surface area contributed by atoms with Crippen LogP contribution in [0.3, 0.4) is 0 Å². The van der Waals surface area contributed by atoms with E-state index in [4.69, 9.17) is 10.4 Å². The second-order valence-corrected chi connectivity index (χ2v) is 8.75. The third-order valence-electron chi connectivity index (χ3n) is 2.59. The first-order valence-corrected chi connectivity index (χ1v) is 10.3. The molecule has 1 unspecified atom stereocenters. The van der Waals surface area contributed by atoms with E-state index >= 15 is 0 Å². The molecule has 95 valence electrons. The monoisotopic (exact) mass is 307 g/mol. The van der Waals surface area contributed by atoms with Gasteiger partial charge in [-0.15, -0.1) is 0 Å². The third kappa shape index (κ3) is 7.94. The quantitative estimate of drug-likeness (QED) is 0.433. The molecule has 0 radical (unpaired) electrons. The van der Waals surface area contributed by atoms with Crippen LogP contribution in [0, 0.1) is 0 Å². The first kappa shape index (κ1) is 14.8. The summed E-state index contributed by atoms with van der Waals surface area (Å²) in [5.41, 5.74) is 0. The number of hydrogen-bond donors (Lipinski definition) is 0. The van der Waals surface area contributed by atoms with Crippen LogP contribution in [-0.2, 0) is 33.0 Å². The Morgan fingerprint density at radius 3 is 2.12 bits per heavy atom. The summed E-state index contributed by atoms with van der Waals surface area (Å²) in [5.74, 6) is 0. The molecule has 0 bridgehead atoms. The van der Waals surface area contributed by atoms with Crippen LogP contribution >= 0.6 is 0 Å². The summed E-state index contributed by atoms with van der Waals surface area (Å²) < 4.78 is 18.2. The zero-order valence-corrected chi connectivity index (χ0v) is 13.1. The van der Waals surface area contributed by atoms with Crippen molar-refractivity contribution in [3.05, 3.63) is 0 Å². The average Bonchev–Trinajstić information content (AvgIpc) is 3.09. The molecular formula is C12H25O3Zr. The van der Waals surface area contributed by atoms with E-state index in [1.165, 1.54) is 29.8 Å². The Balaban J connectivity index is 2.06. The molecule has 0 aromatic rings. The molecule has 1 atom stereocenters. The molecule has 3 nitrogen and oxygen atoms in total. The fourth-order valence-electron chi connectivity index (χ4n) is 1.36. The number of unbranched alkanes of at least 4 members (excludes halogenated alkanes) is 2. The van der Waals surface area contributed by atoms with Crippen molar-refractivity contribution in [1.82, 2.24) is 0 Å². The molecule has 0 aromatic heterocycles. The molecule has 4 heteroatoms. The maximum absolute atomic E-state index is 5.93. The minimum absolute atomic E-state index is 0.528. The normalized spacial score (nSPS) is 18.8. The van der Waals surface area contributed by atoms with E-state index in [0.29, 0.717) is 6.10 Å². The van der Waals surface area contributed by atoms with Gasteiger partial charge in [-0.25, -0.2) is 0 Å². The van der Waals surface area contributed by atoms with Crippen molar-refractivity contribution in [3.8, 4) is 0 Å². The average molecular weight is 309 g/mol. The second kappa shape index (κ2) is 9.76. The van der Waals surface area contributed by atoms with Gasteiger partial charge in [0.15, 0.2) is 0 Å². The van der Waals surface area contributed by atoms with Gasteiger partial charge < -0.3 is 0 Å². The standard InChI is InChI=1S/C4H7O.2C4H9O.Zr/c1-2-4-3-5-4;2*1-2-3-4-5;/h4H,1-3H2;2*2-4H2,1H3;/q;2*-1;+2. The molecule has 1 fully saturated rings. The Hall–Kier alpha value is 0.763. The van der Waals surface area contributed by atoms with Crippen molar-refractivity contribution in [2.75, 3.05) is 19.8 Å². The van der Waals surface area contributed by atoms with Crippen LogP contribution in [-0.4, -0.2) is 25.9 Å². The first-order valence-electron chi connectivity index (χ1n) is 6.59. The van der Waals surface area contributed by atoms with Crippen molar-refractivity contribution >= 4 is 0 Å². The Labute approximate surface area is 109 Å². The van der Waals surface area contributed by atoms with Crippen molar-refractivity contribution in [1.29, 1.82) is 0 Å². The zero-order valence-electron chi connectivity index (χ0n) is 10.7. The van der Waals surface area contributed by atoms with Gasteiger partial charge in [0.1, 0.15) is 0 Å². The van der Waals surface area contributed by atoms with Gasteiger partial charge in [0, 0.05) is 0 Å². The maximum atomic E-state index is 5.93. The summed E-state index contributed by atoms with van der Waals surface area (Å²) in [5, 5.41) is 0. The molecule has 1 heterocycles. The van der Waals surface area contributed by atoms with Crippen LogP contribution < -0.4 is 0 Å². The molecule has 1 rings (SSSR count). The summed E-state index contributed by atoms with van der Waals surface area (Å²) in [6, 6.07) is 0. The second-order valence-electron chi connectivity index (χ2n) is 4.27. The summed E-state index contributed by atoms with van der Waals surface area (Å²) >= 11 is -1.97. The van der Waals surface area contributed by atoms with Crippen LogP contribution in [0.25, 0.3) is 0 Å². The summed E-state index contributed by atoms with van der Waals surface area (Å²) in [4.78, 5) is 0. The third-order valence-corrected chi connectivity index (χ3v) is 6.89. The number of ether oxygens (including phenoxy) is 1. The molecule has 0 aliphatic carbocycles. The van der Waals surface area contributed by atoms with Crippen molar-refractivity contribution in [2.24, 2.45) is 0 Å². The van der Waals surface area contributed by atoms with Gasteiger partial charge in [-0.05, 0) is 0 Å². The fraction of sp³-hybridized carbons (Fsp3) is 1.00. The Kier molecular flexibility index (Phi) is 9.04. The van der Waals surface area contributed by atoms with Gasteiger partial charge in [-0.1, -0.05) is 0 Å². The van der Waals surface area contributed by atoms with E-state index in [1.54, 1.807) is 0 Å². The molecule has 1 aliphatic heterocycles. The van der Waals surface area contributed by atoms with Crippen molar-refractivity contribution < 1.29 is 33.0 Å². The summed E-state index contributed by atoms with van der Waals surface area (Å²) in [6.45, 7) is 7.16. The molecule has 0 saturated carbocycles. The summed E-state index contributed by atoms with van der Waals surface area (Å²) in [6.07, 6.45) is 6.43. The van der Waals surface area contributed by atoms with Gasteiger partial charge in [0.25, 0.3) is 0 Å². The van der Waals surface area contributed by atoms with E-state index in [-0.39, 0.29) is 0 Å².